The molecule has 6 heteroatoms. The minimum absolute atomic E-state index is 0.0829. The zero-order chi connectivity index (χ0) is 19.2. The Morgan fingerprint density at radius 1 is 1.07 bits per heavy atom. The number of benzene rings is 2. The summed E-state index contributed by atoms with van der Waals surface area (Å²) in [6.07, 6.45) is 5.08. The molecule has 1 atom stereocenters. The van der Waals surface area contributed by atoms with Gasteiger partial charge in [0.2, 0.25) is 5.91 Å². The van der Waals surface area contributed by atoms with Crippen LogP contribution in [0.15, 0.2) is 36.4 Å². The standard InChI is InChI=1S/C21H23BFNO3/c1-13-7-12-17-19(18(13)23)24-20(25)21(17,14-5-3-2-4-6-14)15-8-10-16(11-9-15)22(26)27/h7-12,14,26-27H,2-6H2,1H3,(H,24,25)/t21-/m1/s1. The molecule has 1 heterocycles. The van der Waals surface area contributed by atoms with Gasteiger partial charge >= 0.3 is 7.12 Å². The topological polar surface area (TPSA) is 69.6 Å². The fourth-order valence-electron chi connectivity index (χ4n) is 4.85. The summed E-state index contributed by atoms with van der Waals surface area (Å²) in [5.41, 5.74) is 1.69. The van der Waals surface area contributed by atoms with Crippen LogP contribution in [0, 0.1) is 18.7 Å². The quantitative estimate of drug-likeness (QED) is 0.731. The molecule has 0 unspecified atom stereocenters. The molecular formula is C21H23BFNO3. The molecule has 1 aliphatic carbocycles. The molecule has 1 amide bonds. The van der Waals surface area contributed by atoms with Crippen molar-refractivity contribution in [2.24, 2.45) is 5.92 Å². The summed E-state index contributed by atoms with van der Waals surface area (Å²) in [7, 11) is -1.56. The van der Waals surface area contributed by atoms with E-state index in [9.17, 15) is 19.2 Å². The first kappa shape index (κ1) is 18.2. The van der Waals surface area contributed by atoms with Crippen LogP contribution in [-0.2, 0) is 10.2 Å². The Hall–Kier alpha value is -2.18. The smallest absolute Gasteiger partial charge is 0.423 e. The summed E-state index contributed by atoms with van der Waals surface area (Å²) < 4.78 is 14.8. The number of aryl methyl sites for hydroxylation is 1. The molecule has 3 N–H and O–H groups in total. The molecule has 27 heavy (non-hydrogen) atoms. The first-order valence-corrected chi connectivity index (χ1v) is 9.54. The second-order valence-corrected chi connectivity index (χ2v) is 7.71. The normalized spacial score (nSPS) is 22.4. The van der Waals surface area contributed by atoms with Gasteiger partial charge in [0.25, 0.3) is 0 Å². The van der Waals surface area contributed by atoms with Gasteiger partial charge in [0, 0.05) is 0 Å². The van der Waals surface area contributed by atoms with Gasteiger partial charge in [0.1, 0.15) is 11.2 Å². The number of rotatable bonds is 3. The Balaban J connectivity index is 1.93. The van der Waals surface area contributed by atoms with Gasteiger partial charge in [0.15, 0.2) is 0 Å². The van der Waals surface area contributed by atoms with Gasteiger partial charge in [0.05, 0.1) is 5.69 Å². The Morgan fingerprint density at radius 3 is 2.37 bits per heavy atom. The van der Waals surface area contributed by atoms with Crippen molar-refractivity contribution in [2.45, 2.75) is 44.4 Å². The Bertz CT molecular complexity index is 878. The number of hydrogen-bond donors (Lipinski definition) is 3. The molecule has 1 saturated carbocycles. The molecule has 0 spiro atoms. The maximum Gasteiger partial charge on any atom is 0.488 e. The van der Waals surface area contributed by atoms with Crippen molar-refractivity contribution in [1.82, 2.24) is 0 Å². The van der Waals surface area contributed by atoms with Crippen LogP contribution < -0.4 is 10.8 Å². The number of carbonyl (C=O) groups is 1. The first-order valence-electron chi connectivity index (χ1n) is 9.54. The van der Waals surface area contributed by atoms with Gasteiger partial charge in [-0.05, 0) is 47.8 Å². The van der Waals surface area contributed by atoms with Gasteiger partial charge in [-0.3, -0.25) is 4.79 Å². The van der Waals surface area contributed by atoms with Crippen LogP contribution in [0.5, 0.6) is 0 Å². The Kier molecular flexibility index (Phi) is 4.56. The molecular weight excluding hydrogens is 344 g/mol. The van der Waals surface area contributed by atoms with Crippen molar-refractivity contribution in [3.8, 4) is 0 Å². The molecule has 140 valence electrons. The number of nitrogens with one attached hydrogen (secondary N) is 1. The molecule has 2 aliphatic rings. The molecule has 4 nitrogen and oxygen atoms in total. The lowest BCUT2D eigenvalue weighted by atomic mass is 9.61. The monoisotopic (exact) mass is 367 g/mol. The van der Waals surface area contributed by atoms with Crippen molar-refractivity contribution < 1.29 is 19.2 Å². The molecule has 0 saturated heterocycles. The van der Waals surface area contributed by atoms with Gasteiger partial charge in [-0.2, -0.15) is 0 Å². The summed E-state index contributed by atoms with van der Waals surface area (Å²) in [5, 5.41) is 21.6. The van der Waals surface area contributed by atoms with Crippen LogP contribution >= 0.6 is 0 Å². The minimum Gasteiger partial charge on any atom is -0.423 e. The third-order valence-corrected chi connectivity index (χ3v) is 6.24. The van der Waals surface area contributed by atoms with Gasteiger partial charge in [-0.15, -0.1) is 0 Å². The predicted octanol–water partition coefficient (Wildman–Crippen LogP) is 2.63. The summed E-state index contributed by atoms with van der Waals surface area (Å²) in [5.74, 6) is -0.480. The van der Waals surface area contributed by atoms with E-state index in [-0.39, 0.29) is 23.3 Å². The lowest BCUT2D eigenvalue weighted by Crippen LogP contribution is -2.44. The van der Waals surface area contributed by atoms with E-state index in [4.69, 9.17) is 0 Å². The minimum atomic E-state index is -1.56. The highest BCUT2D eigenvalue weighted by Gasteiger charge is 2.54. The lowest BCUT2D eigenvalue weighted by Gasteiger charge is -2.39. The van der Waals surface area contributed by atoms with Crippen molar-refractivity contribution in [2.75, 3.05) is 5.32 Å². The van der Waals surface area contributed by atoms with Crippen LogP contribution in [0.25, 0.3) is 0 Å². The van der Waals surface area contributed by atoms with Gasteiger partial charge < -0.3 is 15.4 Å². The fourth-order valence-corrected chi connectivity index (χ4v) is 4.85. The number of halogens is 1. The Labute approximate surface area is 158 Å². The highest BCUT2D eigenvalue weighted by Crippen LogP contribution is 2.52. The van der Waals surface area contributed by atoms with Gasteiger partial charge in [-0.25, -0.2) is 4.39 Å². The average Bonchev–Trinajstić information content (AvgIpc) is 2.99. The summed E-state index contributed by atoms with van der Waals surface area (Å²) in [6, 6.07) is 10.4. The number of anilines is 1. The maximum absolute atomic E-state index is 14.8. The van der Waals surface area contributed by atoms with Crippen molar-refractivity contribution in [3.63, 3.8) is 0 Å². The van der Waals surface area contributed by atoms with E-state index in [0.717, 1.165) is 37.7 Å². The maximum atomic E-state index is 14.8. The average molecular weight is 367 g/mol. The molecule has 1 fully saturated rings. The highest BCUT2D eigenvalue weighted by atomic mass is 19.1. The zero-order valence-electron chi connectivity index (χ0n) is 15.3. The van der Waals surface area contributed by atoms with Crippen LogP contribution in [0.1, 0.15) is 48.8 Å². The molecule has 2 aromatic rings. The molecule has 0 aromatic heterocycles. The fraction of sp³-hybridized carbons (Fsp3) is 0.381. The van der Waals surface area contributed by atoms with Crippen molar-refractivity contribution in [3.05, 3.63) is 58.9 Å². The molecule has 0 bridgehead atoms. The van der Waals surface area contributed by atoms with E-state index in [1.165, 1.54) is 0 Å². The lowest BCUT2D eigenvalue weighted by molar-refractivity contribution is -0.121. The van der Waals surface area contributed by atoms with Crippen LogP contribution in [0.4, 0.5) is 10.1 Å². The van der Waals surface area contributed by atoms with Crippen LogP contribution in [0.2, 0.25) is 0 Å². The van der Waals surface area contributed by atoms with Crippen molar-refractivity contribution >= 4 is 24.2 Å². The van der Waals surface area contributed by atoms with E-state index < -0.39 is 12.5 Å². The third kappa shape index (κ3) is 2.70. The first-order chi connectivity index (χ1) is 13.0. The molecule has 1 aliphatic heterocycles. The van der Waals surface area contributed by atoms with E-state index in [2.05, 4.69) is 5.32 Å². The number of hydrogen-bond acceptors (Lipinski definition) is 3. The number of amides is 1. The zero-order valence-corrected chi connectivity index (χ0v) is 15.3. The van der Waals surface area contributed by atoms with Crippen molar-refractivity contribution in [1.29, 1.82) is 0 Å². The van der Waals surface area contributed by atoms with Gasteiger partial charge in [-0.1, -0.05) is 55.7 Å². The SMILES string of the molecule is Cc1ccc2c(c1F)NC(=O)[C@@]2(c1ccc(B(O)O)cc1)C1CCCCC1. The predicted molar refractivity (Wildman–Crippen MR) is 103 cm³/mol. The Morgan fingerprint density at radius 2 is 1.74 bits per heavy atom. The largest absolute Gasteiger partial charge is 0.488 e. The van der Waals surface area contributed by atoms with Crippen LogP contribution in [0.3, 0.4) is 0 Å². The molecule has 4 rings (SSSR count). The van der Waals surface area contributed by atoms with Crippen LogP contribution in [-0.4, -0.2) is 23.1 Å². The number of carbonyl (C=O) groups excluding carboxylic acids is 1. The second kappa shape index (κ2) is 6.77. The molecule has 0 radical (unpaired) electrons. The number of fused-ring (bicyclic) bond motifs is 1. The van der Waals surface area contributed by atoms with E-state index in [1.807, 2.05) is 6.07 Å². The van der Waals surface area contributed by atoms with E-state index in [1.54, 1.807) is 37.3 Å². The third-order valence-electron chi connectivity index (χ3n) is 6.24. The summed E-state index contributed by atoms with van der Waals surface area (Å²) >= 11 is 0. The molecule has 2 aromatic carbocycles. The van der Waals surface area contributed by atoms with E-state index in [0.29, 0.717) is 16.6 Å². The summed E-state index contributed by atoms with van der Waals surface area (Å²) in [6.45, 7) is 1.69. The highest BCUT2D eigenvalue weighted by molar-refractivity contribution is 6.58. The van der Waals surface area contributed by atoms with E-state index >= 15 is 0 Å². The second-order valence-electron chi connectivity index (χ2n) is 7.71. The summed E-state index contributed by atoms with van der Waals surface area (Å²) in [4.78, 5) is 13.4.